The lowest BCUT2D eigenvalue weighted by Gasteiger charge is -2.10. The van der Waals surface area contributed by atoms with Crippen LogP contribution in [0.15, 0.2) is 67.0 Å². The third-order valence-electron chi connectivity index (χ3n) is 5.56. The standard InChI is InChI=1S/C25H20FN7O2/c1-35-20-9-8-16(26)11-17(20)25(34)29-12-14-4-6-15(7-5-14)22-21-23(32-33-24(21)27)18(13-28-22)19-3-2-10-30-31-19/h2-11,13H,12H2,1H3,(H,29,34)(H3,27,32,33). The van der Waals surface area contributed by atoms with E-state index >= 15 is 0 Å². The predicted octanol–water partition coefficient (Wildman–Crippen LogP) is 3.74. The van der Waals surface area contributed by atoms with Gasteiger partial charge in [0.25, 0.3) is 5.91 Å². The van der Waals surface area contributed by atoms with Gasteiger partial charge in [0.2, 0.25) is 0 Å². The van der Waals surface area contributed by atoms with Crippen molar-refractivity contribution in [2.45, 2.75) is 6.54 Å². The molecule has 9 nitrogen and oxygen atoms in total. The summed E-state index contributed by atoms with van der Waals surface area (Å²) in [4.78, 5) is 17.2. The van der Waals surface area contributed by atoms with Crippen LogP contribution >= 0.6 is 0 Å². The Bertz CT molecular complexity index is 1520. The highest BCUT2D eigenvalue weighted by Gasteiger charge is 2.17. The number of hydrogen-bond donors (Lipinski definition) is 3. The number of nitrogen functional groups attached to an aromatic ring is 1. The summed E-state index contributed by atoms with van der Waals surface area (Å²) in [7, 11) is 1.43. The number of halogens is 1. The van der Waals surface area contributed by atoms with E-state index in [1.807, 2.05) is 30.3 Å². The molecule has 10 heteroatoms. The average molecular weight is 469 g/mol. The molecule has 1 amide bonds. The van der Waals surface area contributed by atoms with Gasteiger partial charge in [-0.1, -0.05) is 24.3 Å². The second-order valence-corrected chi connectivity index (χ2v) is 7.71. The second kappa shape index (κ2) is 9.18. The molecule has 5 aromatic rings. The first-order valence-corrected chi connectivity index (χ1v) is 10.7. The second-order valence-electron chi connectivity index (χ2n) is 7.71. The van der Waals surface area contributed by atoms with Crippen molar-refractivity contribution in [1.29, 1.82) is 0 Å². The molecule has 4 N–H and O–H groups in total. The fourth-order valence-corrected chi connectivity index (χ4v) is 3.82. The van der Waals surface area contributed by atoms with Crippen molar-refractivity contribution in [3.8, 4) is 28.3 Å². The molecule has 3 aromatic heterocycles. The average Bonchev–Trinajstić information content (AvgIpc) is 3.29. The van der Waals surface area contributed by atoms with Gasteiger partial charge < -0.3 is 15.8 Å². The highest BCUT2D eigenvalue weighted by molar-refractivity contribution is 6.05. The number of nitrogens with one attached hydrogen (secondary N) is 2. The Kier molecular flexibility index (Phi) is 5.76. The van der Waals surface area contributed by atoms with E-state index in [4.69, 9.17) is 10.5 Å². The van der Waals surface area contributed by atoms with Gasteiger partial charge in [-0.3, -0.25) is 14.9 Å². The third-order valence-corrected chi connectivity index (χ3v) is 5.56. The van der Waals surface area contributed by atoms with E-state index in [-0.39, 0.29) is 12.1 Å². The largest absolute Gasteiger partial charge is 0.496 e. The summed E-state index contributed by atoms with van der Waals surface area (Å²) in [5.74, 6) is -0.312. The quantitative estimate of drug-likeness (QED) is 0.345. The molecule has 0 aliphatic carbocycles. The van der Waals surface area contributed by atoms with Crippen LogP contribution in [-0.2, 0) is 6.54 Å². The molecule has 0 saturated carbocycles. The van der Waals surface area contributed by atoms with Gasteiger partial charge >= 0.3 is 0 Å². The van der Waals surface area contributed by atoms with Gasteiger partial charge in [-0.15, -0.1) is 0 Å². The van der Waals surface area contributed by atoms with Gasteiger partial charge in [-0.05, 0) is 35.9 Å². The number of carbonyl (C=O) groups excluding carboxylic acids is 1. The van der Waals surface area contributed by atoms with Crippen LogP contribution in [0.4, 0.5) is 10.2 Å². The van der Waals surface area contributed by atoms with Gasteiger partial charge in [-0.2, -0.15) is 15.3 Å². The van der Waals surface area contributed by atoms with Crippen LogP contribution in [0.2, 0.25) is 0 Å². The first kappa shape index (κ1) is 22.0. The van der Waals surface area contributed by atoms with Gasteiger partial charge in [0.15, 0.2) is 5.82 Å². The molecule has 174 valence electrons. The van der Waals surface area contributed by atoms with Crippen molar-refractivity contribution in [2.75, 3.05) is 12.8 Å². The molecule has 3 heterocycles. The fraction of sp³-hybridized carbons (Fsp3) is 0.0800. The number of ether oxygens (including phenoxy) is 1. The van der Waals surface area contributed by atoms with Crippen LogP contribution in [-0.4, -0.2) is 38.4 Å². The van der Waals surface area contributed by atoms with Crippen LogP contribution < -0.4 is 15.8 Å². The zero-order chi connectivity index (χ0) is 24.4. The van der Waals surface area contributed by atoms with Crippen molar-refractivity contribution < 1.29 is 13.9 Å². The highest BCUT2D eigenvalue weighted by atomic mass is 19.1. The summed E-state index contributed by atoms with van der Waals surface area (Å²) in [6.45, 7) is 0.251. The molecular formula is C25H20FN7O2. The Morgan fingerprint density at radius 2 is 2.00 bits per heavy atom. The minimum absolute atomic E-state index is 0.134. The minimum atomic E-state index is -0.511. The molecule has 0 aliphatic heterocycles. The maximum atomic E-state index is 13.6. The molecule has 0 bridgehead atoms. The summed E-state index contributed by atoms with van der Waals surface area (Å²) >= 11 is 0. The van der Waals surface area contributed by atoms with E-state index in [0.29, 0.717) is 33.9 Å². The number of amides is 1. The zero-order valence-corrected chi connectivity index (χ0v) is 18.6. The Morgan fingerprint density at radius 1 is 1.17 bits per heavy atom. The van der Waals surface area contributed by atoms with Crippen LogP contribution in [0.25, 0.3) is 33.4 Å². The molecule has 0 unspecified atom stereocenters. The van der Waals surface area contributed by atoms with Gasteiger partial charge in [0.1, 0.15) is 11.6 Å². The number of methoxy groups -OCH3 is 1. The van der Waals surface area contributed by atoms with E-state index in [1.165, 1.54) is 19.2 Å². The van der Waals surface area contributed by atoms with Crippen LogP contribution in [0, 0.1) is 5.82 Å². The fourth-order valence-electron chi connectivity index (χ4n) is 3.82. The number of benzene rings is 2. The molecule has 5 rings (SSSR count). The number of aromatic nitrogens is 5. The summed E-state index contributed by atoms with van der Waals surface area (Å²) in [5, 5.41) is 18.7. The van der Waals surface area contributed by atoms with E-state index in [1.54, 1.807) is 18.5 Å². The van der Waals surface area contributed by atoms with Crippen LogP contribution in [0.3, 0.4) is 0 Å². The van der Waals surface area contributed by atoms with Gasteiger partial charge in [0.05, 0.1) is 35.0 Å². The topological polar surface area (TPSA) is 132 Å². The lowest BCUT2D eigenvalue weighted by Crippen LogP contribution is -2.23. The highest BCUT2D eigenvalue weighted by Crippen LogP contribution is 2.34. The normalized spacial score (nSPS) is 10.9. The monoisotopic (exact) mass is 469 g/mol. The Labute approximate surface area is 199 Å². The molecule has 0 spiro atoms. The molecule has 35 heavy (non-hydrogen) atoms. The first-order valence-electron chi connectivity index (χ1n) is 10.7. The van der Waals surface area contributed by atoms with Crippen LogP contribution in [0.5, 0.6) is 5.75 Å². The van der Waals surface area contributed by atoms with Crippen molar-refractivity contribution in [2.24, 2.45) is 0 Å². The van der Waals surface area contributed by atoms with Crippen LogP contribution in [0.1, 0.15) is 15.9 Å². The molecule has 2 aromatic carbocycles. The summed E-state index contributed by atoms with van der Waals surface area (Å²) < 4.78 is 18.7. The Morgan fingerprint density at radius 3 is 2.74 bits per heavy atom. The van der Waals surface area contributed by atoms with E-state index in [2.05, 4.69) is 30.7 Å². The zero-order valence-electron chi connectivity index (χ0n) is 18.6. The maximum absolute atomic E-state index is 13.6. The molecule has 0 atom stereocenters. The number of hydrogen-bond acceptors (Lipinski definition) is 7. The Hall–Kier alpha value is -4.86. The third kappa shape index (κ3) is 4.24. The van der Waals surface area contributed by atoms with E-state index < -0.39 is 11.7 Å². The molecule has 0 radical (unpaired) electrons. The Balaban J connectivity index is 1.39. The SMILES string of the molecule is COc1ccc(F)cc1C(=O)NCc1ccc(-c2ncc(-c3cccnn3)c3[nH]nc(N)c23)cc1. The number of nitrogens with zero attached hydrogens (tertiary/aromatic N) is 4. The summed E-state index contributed by atoms with van der Waals surface area (Å²) in [5.41, 5.74) is 10.8. The van der Waals surface area contributed by atoms with Gasteiger partial charge in [-0.25, -0.2) is 4.39 Å². The number of rotatable bonds is 6. The van der Waals surface area contributed by atoms with E-state index in [9.17, 15) is 9.18 Å². The van der Waals surface area contributed by atoms with Crippen molar-refractivity contribution in [1.82, 2.24) is 30.7 Å². The number of carbonyl (C=O) groups is 1. The number of H-pyrrole nitrogens is 1. The van der Waals surface area contributed by atoms with Crippen molar-refractivity contribution >= 4 is 22.6 Å². The van der Waals surface area contributed by atoms with Gasteiger partial charge in [0, 0.05) is 30.1 Å². The number of fused-ring (bicyclic) bond motifs is 1. The predicted molar refractivity (Wildman–Crippen MR) is 129 cm³/mol. The number of anilines is 1. The lowest BCUT2D eigenvalue weighted by molar-refractivity contribution is 0.0947. The van der Waals surface area contributed by atoms with E-state index in [0.717, 1.165) is 22.8 Å². The number of aromatic amines is 1. The maximum Gasteiger partial charge on any atom is 0.255 e. The molecular weight excluding hydrogens is 449 g/mol. The summed E-state index contributed by atoms with van der Waals surface area (Å²) in [6, 6.07) is 15.0. The smallest absolute Gasteiger partial charge is 0.255 e. The number of pyridine rings is 1. The lowest BCUT2D eigenvalue weighted by atomic mass is 10.0. The molecule has 0 saturated heterocycles. The molecule has 0 aliphatic rings. The number of nitrogens with two attached hydrogens (primary N) is 1. The molecule has 0 fully saturated rings. The minimum Gasteiger partial charge on any atom is -0.496 e. The van der Waals surface area contributed by atoms with Crippen molar-refractivity contribution in [3.63, 3.8) is 0 Å². The summed E-state index contributed by atoms with van der Waals surface area (Å²) in [6.07, 6.45) is 3.31. The first-order chi connectivity index (χ1) is 17.0. The van der Waals surface area contributed by atoms with Crippen molar-refractivity contribution in [3.05, 3.63) is 83.9 Å².